The zero-order valence-electron chi connectivity index (χ0n) is 16.9. The normalized spacial score (nSPS) is 33.6. The van der Waals surface area contributed by atoms with E-state index in [1.807, 2.05) is 13.0 Å². The molecule has 0 radical (unpaired) electrons. The molecule has 0 spiro atoms. The van der Waals surface area contributed by atoms with E-state index >= 15 is 0 Å². The first-order chi connectivity index (χ1) is 13.1. The lowest BCUT2D eigenvalue weighted by Crippen LogP contribution is -2.25. The predicted molar refractivity (Wildman–Crippen MR) is 105 cm³/mol. The van der Waals surface area contributed by atoms with Gasteiger partial charge in [0.2, 0.25) is 5.82 Å². The van der Waals surface area contributed by atoms with Crippen LogP contribution >= 0.6 is 0 Å². The van der Waals surface area contributed by atoms with Gasteiger partial charge in [0.05, 0.1) is 0 Å². The van der Waals surface area contributed by atoms with Crippen molar-refractivity contribution >= 4 is 0 Å². The first-order valence-electron chi connectivity index (χ1n) is 11.2. The summed E-state index contributed by atoms with van der Waals surface area (Å²) < 4.78 is 34.6. The van der Waals surface area contributed by atoms with Crippen molar-refractivity contribution in [3.63, 3.8) is 0 Å². The molecule has 2 fully saturated rings. The molecule has 0 bridgehead atoms. The maximum atomic E-state index is 14.7. The maximum Gasteiger partial charge on any atom is 0.201 e. The van der Waals surface area contributed by atoms with Gasteiger partial charge in [0.25, 0.3) is 0 Å². The molecule has 0 saturated heterocycles. The van der Waals surface area contributed by atoms with Crippen LogP contribution in [0.5, 0.6) is 5.75 Å². The van der Waals surface area contributed by atoms with E-state index in [-0.39, 0.29) is 17.8 Å². The van der Waals surface area contributed by atoms with Crippen molar-refractivity contribution in [1.29, 1.82) is 0 Å². The summed E-state index contributed by atoms with van der Waals surface area (Å²) in [6.45, 7) is 4.21. The van der Waals surface area contributed by atoms with Crippen LogP contribution in [-0.2, 0) is 6.42 Å². The second kappa shape index (κ2) is 8.09. The van der Waals surface area contributed by atoms with Gasteiger partial charge in [-0.05, 0) is 80.8 Å². The third-order valence-corrected chi connectivity index (χ3v) is 7.56. The minimum Gasteiger partial charge on any atom is -0.487 e. The highest BCUT2D eigenvalue weighted by Crippen LogP contribution is 2.46. The summed E-state index contributed by atoms with van der Waals surface area (Å²) in [7, 11) is 0. The van der Waals surface area contributed by atoms with Gasteiger partial charge in [-0.15, -0.1) is 0 Å². The molecule has 1 aromatic rings. The van der Waals surface area contributed by atoms with Crippen LogP contribution in [0.2, 0.25) is 0 Å². The van der Waals surface area contributed by atoms with Crippen LogP contribution in [0, 0.1) is 29.4 Å². The molecule has 1 nitrogen and oxygen atoms in total. The van der Waals surface area contributed by atoms with Gasteiger partial charge in [-0.2, -0.15) is 4.39 Å². The zero-order valence-corrected chi connectivity index (χ0v) is 16.9. The highest BCUT2D eigenvalue weighted by atomic mass is 19.2. The van der Waals surface area contributed by atoms with Crippen LogP contribution in [0.1, 0.15) is 95.1 Å². The summed E-state index contributed by atoms with van der Waals surface area (Å²) in [5.41, 5.74) is 1.46. The first-order valence-corrected chi connectivity index (χ1v) is 11.2. The highest BCUT2D eigenvalue weighted by Gasteiger charge is 2.34. The Balaban J connectivity index is 1.38. The van der Waals surface area contributed by atoms with E-state index in [9.17, 15) is 8.78 Å². The minimum atomic E-state index is -0.761. The Morgan fingerprint density at radius 2 is 1.56 bits per heavy atom. The molecule has 0 amide bonds. The third kappa shape index (κ3) is 3.89. The Hall–Kier alpha value is -1.12. The summed E-state index contributed by atoms with van der Waals surface area (Å²) in [5, 5.41) is 0. The number of halogens is 2. The van der Waals surface area contributed by atoms with Gasteiger partial charge in [-0.3, -0.25) is 0 Å². The number of hydrogen-bond donors (Lipinski definition) is 0. The lowest BCUT2D eigenvalue weighted by atomic mass is 9.68. The summed E-state index contributed by atoms with van der Waals surface area (Å²) in [6.07, 6.45) is 13.3. The van der Waals surface area contributed by atoms with E-state index in [1.54, 1.807) is 0 Å². The van der Waals surface area contributed by atoms with Crippen LogP contribution in [0.15, 0.2) is 6.07 Å². The molecule has 2 aliphatic carbocycles. The molecular weight excluding hydrogens is 342 g/mol. The third-order valence-electron chi connectivity index (χ3n) is 7.56. The summed E-state index contributed by atoms with van der Waals surface area (Å²) in [6, 6.07) is 1.90. The number of rotatable bonds is 4. The lowest BCUT2D eigenvalue weighted by molar-refractivity contribution is 0.155. The largest absolute Gasteiger partial charge is 0.487 e. The number of ether oxygens (including phenoxy) is 1. The smallest absolute Gasteiger partial charge is 0.201 e. The topological polar surface area (TPSA) is 9.23 Å². The monoisotopic (exact) mass is 376 g/mol. The van der Waals surface area contributed by atoms with Gasteiger partial charge in [-0.1, -0.05) is 32.6 Å². The Bertz CT molecular complexity index is 655. The molecule has 2 saturated carbocycles. The van der Waals surface area contributed by atoms with Gasteiger partial charge < -0.3 is 4.74 Å². The van der Waals surface area contributed by atoms with Gasteiger partial charge in [0.1, 0.15) is 6.10 Å². The number of hydrogen-bond acceptors (Lipinski definition) is 1. The van der Waals surface area contributed by atoms with Crippen LogP contribution in [0.4, 0.5) is 8.78 Å². The average Bonchev–Trinajstić information content (AvgIpc) is 3.06. The van der Waals surface area contributed by atoms with Crippen molar-refractivity contribution < 1.29 is 13.5 Å². The molecule has 1 atom stereocenters. The highest BCUT2D eigenvalue weighted by molar-refractivity contribution is 5.44. The van der Waals surface area contributed by atoms with Crippen molar-refractivity contribution in [2.45, 2.75) is 96.5 Å². The first kappa shape index (κ1) is 19.2. The van der Waals surface area contributed by atoms with E-state index in [0.29, 0.717) is 12.0 Å². The predicted octanol–water partition coefficient (Wildman–Crippen LogP) is 7.17. The molecule has 3 aliphatic rings. The molecular formula is C24H34F2O. The van der Waals surface area contributed by atoms with E-state index in [2.05, 4.69) is 6.92 Å². The van der Waals surface area contributed by atoms with Crippen molar-refractivity contribution in [2.24, 2.45) is 17.8 Å². The Kier molecular flexibility index (Phi) is 5.75. The van der Waals surface area contributed by atoms with E-state index in [1.165, 1.54) is 51.4 Å². The van der Waals surface area contributed by atoms with Crippen LogP contribution in [0.3, 0.4) is 0 Å². The molecule has 0 N–H and O–H groups in total. The zero-order chi connectivity index (χ0) is 19.0. The van der Waals surface area contributed by atoms with Gasteiger partial charge in [0.15, 0.2) is 11.6 Å². The molecule has 27 heavy (non-hydrogen) atoms. The molecule has 1 unspecified atom stereocenters. The molecule has 1 heterocycles. The second-order valence-corrected chi connectivity index (χ2v) is 9.40. The van der Waals surface area contributed by atoms with Gasteiger partial charge in [0, 0.05) is 12.0 Å². The molecule has 4 rings (SSSR count). The number of benzene rings is 1. The Labute approximate surface area is 162 Å². The Morgan fingerprint density at radius 1 is 0.926 bits per heavy atom. The maximum absolute atomic E-state index is 14.7. The summed E-state index contributed by atoms with van der Waals surface area (Å²) >= 11 is 0. The fraction of sp³-hybridized carbons (Fsp3) is 0.750. The van der Waals surface area contributed by atoms with Crippen LogP contribution in [-0.4, -0.2) is 6.10 Å². The van der Waals surface area contributed by atoms with E-state index in [4.69, 9.17) is 4.74 Å². The fourth-order valence-corrected chi connectivity index (χ4v) is 6.07. The SMILES string of the molecule is CCCC1CCC(C2CCC(c3cc4c(c(F)c3F)OC(C)C4)CC2)CC1. The molecule has 150 valence electrons. The fourth-order valence-electron chi connectivity index (χ4n) is 6.07. The minimum absolute atomic E-state index is 0.0530. The summed E-state index contributed by atoms with van der Waals surface area (Å²) in [4.78, 5) is 0. The van der Waals surface area contributed by atoms with Crippen molar-refractivity contribution in [3.05, 3.63) is 28.8 Å². The van der Waals surface area contributed by atoms with E-state index in [0.717, 1.165) is 36.2 Å². The average molecular weight is 377 g/mol. The van der Waals surface area contributed by atoms with Gasteiger partial charge in [-0.25, -0.2) is 4.39 Å². The van der Waals surface area contributed by atoms with Crippen molar-refractivity contribution in [1.82, 2.24) is 0 Å². The molecule has 1 aromatic carbocycles. The Morgan fingerprint density at radius 3 is 2.19 bits per heavy atom. The quantitative estimate of drug-likeness (QED) is 0.541. The van der Waals surface area contributed by atoms with Crippen LogP contribution < -0.4 is 4.74 Å². The summed E-state index contributed by atoms with van der Waals surface area (Å²) in [5.74, 6) is 1.53. The number of fused-ring (bicyclic) bond motifs is 1. The van der Waals surface area contributed by atoms with E-state index < -0.39 is 11.6 Å². The standard InChI is InChI=1S/C24H34F2O/c1-3-4-16-5-7-17(8-6-16)18-9-11-19(12-10-18)21-14-20-13-15(2)27-24(20)23(26)22(21)25/h14-19H,3-13H2,1-2H3. The lowest BCUT2D eigenvalue weighted by Gasteiger charge is -2.38. The van der Waals surface area contributed by atoms with Crippen molar-refractivity contribution in [3.8, 4) is 5.75 Å². The second-order valence-electron chi connectivity index (χ2n) is 9.40. The van der Waals surface area contributed by atoms with Gasteiger partial charge >= 0.3 is 0 Å². The molecule has 0 aromatic heterocycles. The van der Waals surface area contributed by atoms with Crippen molar-refractivity contribution in [2.75, 3.05) is 0 Å². The molecule has 3 heteroatoms. The molecule has 1 aliphatic heterocycles. The van der Waals surface area contributed by atoms with Crippen LogP contribution in [0.25, 0.3) is 0 Å².